The minimum absolute atomic E-state index is 0.253. The van der Waals surface area contributed by atoms with Gasteiger partial charge in [-0.15, -0.1) is 0 Å². The van der Waals surface area contributed by atoms with Crippen LogP contribution < -0.4 is 9.05 Å². The minimum Gasteiger partial charge on any atom is -0.411 e. The van der Waals surface area contributed by atoms with E-state index in [4.69, 9.17) is 9.05 Å². The second-order valence-electron chi connectivity index (χ2n) is 5.98. The van der Waals surface area contributed by atoms with Crippen molar-refractivity contribution in [2.45, 2.75) is 32.1 Å². The highest BCUT2D eigenvalue weighted by Gasteiger charge is 2.43. The highest BCUT2D eigenvalue weighted by molar-refractivity contribution is 7.72. The molecule has 5 heteroatoms. The lowest BCUT2D eigenvalue weighted by atomic mass is 9.90. The van der Waals surface area contributed by atoms with Crippen molar-refractivity contribution in [3.63, 3.8) is 0 Å². The Kier molecular flexibility index (Phi) is 5.37. The normalized spacial score (nSPS) is 15.7. The van der Waals surface area contributed by atoms with Crippen molar-refractivity contribution in [3.8, 4) is 11.5 Å². The fourth-order valence-corrected chi connectivity index (χ4v) is 4.64. The maximum Gasteiger partial charge on any atom is 0.498 e. The van der Waals surface area contributed by atoms with Gasteiger partial charge in [0.25, 0.3) is 5.52 Å². The predicted molar refractivity (Wildman–Crippen MR) is 93.3 cm³/mol. The first kappa shape index (κ1) is 16.8. The summed E-state index contributed by atoms with van der Waals surface area (Å²) in [4.78, 5) is 12.9. The van der Waals surface area contributed by atoms with E-state index in [0.717, 1.165) is 32.1 Å². The smallest absolute Gasteiger partial charge is 0.411 e. The molecule has 0 aliphatic heterocycles. The van der Waals surface area contributed by atoms with Crippen molar-refractivity contribution in [3.05, 3.63) is 60.7 Å². The van der Waals surface area contributed by atoms with Gasteiger partial charge in [0.1, 0.15) is 11.5 Å². The Labute approximate surface area is 142 Å². The number of rotatable bonds is 6. The standard InChI is InChI=1S/C19H21O4P/c20-19(16-10-4-1-5-11-16)24(21,22-17-12-6-2-7-13-17)23-18-14-8-3-9-15-18/h2-3,6-9,12-16H,1,4-5,10-11H2. The molecule has 0 saturated heterocycles. The summed E-state index contributed by atoms with van der Waals surface area (Å²) in [6, 6.07) is 17.5. The van der Waals surface area contributed by atoms with Gasteiger partial charge in [-0.25, -0.2) is 4.57 Å². The van der Waals surface area contributed by atoms with Crippen LogP contribution in [0, 0.1) is 5.92 Å². The van der Waals surface area contributed by atoms with Gasteiger partial charge in [0, 0.05) is 5.92 Å². The van der Waals surface area contributed by atoms with Crippen LogP contribution in [0.15, 0.2) is 60.7 Å². The van der Waals surface area contributed by atoms with Crippen LogP contribution in [-0.2, 0) is 9.36 Å². The average Bonchev–Trinajstić information content (AvgIpc) is 2.63. The van der Waals surface area contributed by atoms with Gasteiger partial charge >= 0.3 is 7.60 Å². The lowest BCUT2D eigenvalue weighted by molar-refractivity contribution is -0.117. The Balaban J connectivity index is 1.87. The molecular formula is C19H21O4P. The monoisotopic (exact) mass is 344 g/mol. The van der Waals surface area contributed by atoms with Crippen molar-refractivity contribution >= 4 is 13.1 Å². The summed E-state index contributed by atoms with van der Waals surface area (Å²) in [7, 11) is -3.96. The van der Waals surface area contributed by atoms with E-state index in [1.165, 1.54) is 0 Å². The number of carbonyl (C=O) groups is 1. The zero-order chi connectivity index (χ0) is 16.8. The summed E-state index contributed by atoms with van der Waals surface area (Å²) in [5.41, 5.74) is -0.407. The first-order valence-electron chi connectivity index (χ1n) is 8.31. The number of carbonyl (C=O) groups excluding carboxylic acids is 1. The van der Waals surface area contributed by atoms with E-state index in [0.29, 0.717) is 11.5 Å². The van der Waals surface area contributed by atoms with Gasteiger partial charge in [0.2, 0.25) is 0 Å². The predicted octanol–water partition coefficient (Wildman–Crippen LogP) is 5.44. The Hall–Kier alpha value is -2.06. The highest BCUT2D eigenvalue weighted by atomic mass is 31.2. The number of hydrogen-bond acceptors (Lipinski definition) is 4. The fraction of sp³-hybridized carbons (Fsp3) is 0.316. The van der Waals surface area contributed by atoms with Crippen LogP contribution in [0.2, 0.25) is 0 Å². The Morgan fingerprint density at radius 2 is 1.25 bits per heavy atom. The molecule has 0 radical (unpaired) electrons. The molecule has 0 unspecified atom stereocenters. The van der Waals surface area contributed by atoms with E-state index in [2.05, 4.69) is 0 Å². The number of hydrogen-bond donors (Lipinski definition) is 0. The Morgan fingerprint density at radius 3 is 1.71 bits per heavy atom. The SMILES string of the molecule is O=C(C1CCCCC1)P(=O)(Oc1ccccc1)Oc1ccccc1. The van der Waals surface area contributed by atoms with Gasteiger partial charge in [0.05, 0.1) is 0 Å². The van der Waals surface area contributed by atoms with Crippen LogP contribution >= 0.6 is 7.60 Å². The molecule has 1 aliphatic carbocycles. The second kappa shape index (κ2) is 7.67. The van der Waals surface area contributed by atoms with E-state index in [-0.39, 0.29) is 5.92 Å². The third-order valence-corrected chi connectivity index (χ3v) is 5.97. The molecule has 4 nitrogen and oxygen atoms in total. The van der Waals surface area contributed by atoms with E-state index in [1.54, 1.807) is 48.5 Å². The highest BCUT2D eigenvalue weighted by Crippen LogP contribution is 2.52. The van der Waals surface area contributed by atoms with Gasteiger partial charge < -0.3 is 9.05 Å². The van der Waals surface area contributed by atoms with Crippen LogP contribution in [0.5, 0.6) is 11.5 Å². The van der Waals surface area contributed by atoms with Crippen molar-refractivity contribution in [1.29, 1.82) is 0 Å². The first-order valence-corrected chi connectivity index (χ1v) is 9.85. The molecule has 1 fully saturated rings. The molecule has 0 amide bonds. The molecule has 3 rings (SSSR count). The molecule has 2 aromatic rings. The summed E-state index contributed by atoms with van der Waals surface area (Å²) in [5, 5.41) is 0. The quantitative estimate of drug-likeness (QED) is 0.654. The zero-order valence-corrected chi connectivity index (χ0v) is 14.4. The molecule has 0 heterocycles. The lowest BCUT2D eigenvalue weighted by Crippen LogP contribution is -2.22. The van der Waals surface area contributed by atoms with Gasteiger partial charge in [-0.1, -0.05) is 55.7 Å². The zero-order valence-electron chi connectivity index (χ0n) is 13.5. The maximum atomic E-state index is 13.4. The summed E-state index contributed by atoms with van der Waals surface area (Å²) in [6.07, 6.45) is 4.57. The summed E-state index contributed by atoms with van der Waals surface area (Å²) in [6.45, 7) is 0. The third kappa shape index (κ3) is 4.07. The van der Waals surface area contributed by atoms with E-state index < -0.39 is 13.1 Å². The van der Waals surface area contributed by atoms with Crippen molar-refractivity contribution in [1.82, 2.24) is 0 Å². The van der Waals surface area contributed by atoms with Crippen molar-refractivity contribution < 1.29 is 18.4 Å². The molecule has 0 N–H and O–H groups in total. The number of benzene rings is 2. The first-order chi connectivity index (χ1) is 11.7. The molecule has 126 valence electrons. The Morgan fingerprint density at radius 1 is 0.792 bits per heavy atom. The lowest BCUT2D eigenvalue weighted by Gasteiger charge is -2.25. The van der Waals surface area contributed by atoms with Crippen molar-refractivity contribution in [2.75, 3.05) is 0 Å². The van der Waals surface area contributed by atoms with Crippen LogP contribution in [0.4, 0.5) is 0 Å². The minimum atomic E-state index is -3.96. The molecule has 2 aromatic carbocycles. The van der Waals surface area contributed by atoms with Crippen LogP contribution in [0.3, 0.4) is 0 Å². The second-order valence-corrected chi connectivity index (χ2v) is 7.78. The maximum absolute atomic E-state index is 13.4. The van der Waals surface area contributed by atoms with Crippen LogP contribution in [-0.4, -0.2) is 5.52 Å². The molecule has 1 aliphatic rings. The summed E-state index contributed by atoms with van der Waals surface area (Å²) < 4.78 is 24.6. The topological polar surface area (TPSA) is 52.6 Å². The van der Waals surface area contributed by atoms with Crippen LogP contribution in [0.25, 0.3) is 0 Å². The van der Waals surface area contributed by atoms with Gasteiger partial charge in [-0.2, -0.15) is 0 Å². The fourth-order valence-electron chi connectivity index (χ4n) is 2.92. The molecular weight excluding hydrogens is 323 g/mol. The van der Waals surface area contributed by atoms with Crippen molar-refractivity contribution in [2.24, 2.45) is 5.92 Å². The van der Waals surface area contributed by atoms with Gasteiger partial charge in [0.15, 0.2) is 0 Å². The summed E-state index contributed by atoms with van der Waals surface area (Å²) in [5.74, 6) is 0.499. The van der Waals surface area contributed by atoms with Gasteiger partial charge in [-0.3, -0.25) is 4.79 Å². The van der Waals surface area contributed by atoms with Gasteiger partial charge in [-0.05, 0) is 37.1 Å². The molecule has 0 spiro atoms. The molecule has 0 bridgehead atoms. The number of para-hydroxylation sites is 2. The summed E-state index contributed by atoms with van der Waals surface area (Å²) >= 11 is 0. The molecule has 24 heavy (non-hydrogen) atoms. The van der Waals surface area contributed by atoms with E-state index in [9.17, 15) is 9.36 Å². The van der Waals surface area contributed by atoms with E-state index >= 15 is 0 Å². The third-order valence-electron chi connectivity index (χ3n) is 4.16. The molecule has 0 atom stereocenters. The average molecular weight is 344 g/mol. The molecule has 0 aromatic heterocycles. The Bertz CT molecular complexity index is 663. The molecule has 1 saturated carbocycles. The largest absolute Gasteiger partial charge is 0.498 e. The van der Waals surface area contributed by atoms with E-state index in [1.807, 2.05) is 12.1 Å². The van der Waals surface area contributed by atoms with Crippen LogP contribution in [0.1, 0.15) is 32.1 Å².